The number of rotatable bonds is 5. The van der Waals surface area contributed by atoms with E-state index in [1.54, 1.807) is 0 Å². The first kappa shape index (κ1) is 10.3. The Bertz CT molecular complexity index is 240. The highest BCUT2D eigenvalue weighted by Crippen LogP contribution is 2.01. The van der Waals surface area contributed by atoms with Crippen molar-refractivity contribution in [3.05, 3.63) is 12.2 Å². The van der Waals surface area contributed by atoms with Crippen LogP contribution in [0.15, 0.2) is 12.2 Å². The Morgan fingerprint density at radius 3 is 1.92 bits per heavy atom. The topological polar surface area (TPSA) is 91.7 Å². The second kappa shape index (κ2) is 4.27. The van der Waals surface area contributed by atoms with Crippen molar-refractivity contribution in [1.29, 1.82) is 0 Å². The molecule has 0 atom stereocenters. The van der Waals surface area contributed by atoms with Gasteiger partial charge in [-0.3, -0.25) is 9.59 Å². The van der Waals surface area contributed by atoms with E-state index in [9.17, 15) is 14.4 Å². The van der Waals surface area contributed by atoms with E-state index in [1.165, 1.54) is 0 Å². The molecule has 0 aromatic heterocycles. The van der Waals surface area contributed by atoms with Gasteiger partial charge in [-0.25, -0.2) is 4.79 Å². The lowest BCUT2D eigenvalue weighted by atomic mass is 10.1. The van der Waals surface area contributed by atoms with Gasteiger partial charge in [0.25, 0.3) is 0 Å². The Kier molecular flexibility index (Phi) is 3.69. The molecule has 0 aliphatic carbocycles. The molecule has 0 rings (SSSR count). The summed E-state index contributed by atoms with van der Waals surface area (Å²) >= 11 is 0. The van der Waals surface area contributed by atoms with Gasteiger partial charge in [0.15, 0.2) is 0 Å². The van der Waals surface area contributed by atoms with Gasteiger partial charge in [0.2, 0.25) is 0 Å². The molecule has 5 heteroatoms. The zero-order chi connectivity index (χ0) is 9.72. The Balaban J connectivity index is 3.94. The third-order valence-electron chi connectivity index (χ3n) is 1.06. The maximum absolute atomic E-state index is 10.7. The molecule has 0 heterocycles. The molecule has 0 aromatic rings. The third-order valence-corrected chi connectivity index (χ3v) is 1.06. The zero-order valence-electron chi connectivity index (χ0n) is 6.24. The molecule has 2 N–H and O–H groups in total. The number of hydrogen-bond donors (Lipinski definition) is 2. The van der Waals surface area contributed by atoms with E-state index in [4.69, 9.17) is 10.2 Å². The van der Waals surface area contributed by atoms with Crippen molar-refractivity contribution in [2.24, 2.45) is 0 Å². The van der Waals surface area contributed by atoms with Crippen LogP contribution in [0, 0.1) is 0 Å². The summed E-state index contributed by atoms with van der Waals surface area (Å²) in [6.45, 7) is 3.09. The summed E-state index contributed by atoms with van der Waals surface area (Å²) in [6, 6.07) is 0. The number of ketones is 1. The molecule has 0 saturated carbocycles. The molecule has 0 amide bonds. The fraction of sp³-hybridized carbons (Fsp3) is 0.286. The summed E-state index contributed by atoms with van der Waals surface area (Å²) in [7, 11) is 0. The summed E-state index contributed by atoms with van der Waals surface area (Å²) in [5.41, 5.74) is -0.291. The van der Waals surface area contributed by atoms with E-state index >= 15 is 0 Å². The quantitative estimate of drug-likeness (QED) is 0.452. The van der Waals surface area contributed by atoms with Crippen LogP contribution >= 0.6 is 0 Å². The molecule has 0 unspecified atom stereocenters. The fourth-order valence-electron chi connectivity index (χ4n) is 0.545. The first-order valence-corrected chi connectivity index (χ1v) is 3.08. The van der Waals surface area contributed by atoms with Gasteiger partial charge in [-0.15, -0.1) is 0 Å². The van der Waals surface area contributed by atoms with E-state index in [0.29, 0.717) is 0 Å². The minimum atomic E-state index is -1.28. The van der Waals surface area contributed by atoms with Crippen LogP contribution in [0.2, 0.25) is 0 Å². The predicted octanol–water partition coefficient (Wildman–Crippen LogP) is 0.0611. The second-order valence-electron chi connectivity index (χ2n) is 2.19. The van der Waals surface area contributed by atoms with Crippen molar-refractivity contribution in [3.8, 4) is 0 Å². The average molecular weight is 172 g/mol. The molecule has 0 aliphatic rings. The van der Waals surface area contributed by atoms with Crippen LogP contribution in [0.1, 0.15) is 12.8 Å². The van der Waals surface area contributed by atoms with E-state index in [2.05, 4.69) is 6.58 Å². The Labute approximate surface area is 68.3 Å². The molecule has 5 nitrogen and oxygen atoms in total. The van der Waals surface area contributed by atoms with Crippen molar-refractivity contribution in [3.63, 3.8) is 0 Å². The number of carboxylic acids is 2. The number of hydrogen-bond acceptors (Lipinski definition) is 3. The van der Waals surface area contributed by atoms with Gasteiger partial charge < -0.3 is 10.2 Å². The molecule has 66 valence electrons. The molecular weight excluding hydrogens is 164 g/mol. The SMILES string of the molecule is C=C(CC(=O)CC(=O)O)C(=O)O. The smallest absolute Gasteiger partial charge is 0.331 e. The highest BCUT2D eigenvalue weighted by atomic mass is 16.4. The Hall–Kier alpha value is -1.65. The van der Waals surface area contributed by atoms with Crippen LogP contribution in [0.5, 0.6) is 0 Å². The van der Waals surface area contributed by atoms with E-state index in [-0.39, 0.29) is 5.57 Å². The normalized spacial score (nSPS) is 9.00. The summed E-state index contributed by atoms with van der Waals surface area (Å²) in [6.07, 6.45) is -1.08. The highest BCUT2D eigenvalue weighted by Gasteiger charge is 2.12. The van der Waals surface area contributed by atoms with E-state index in [0.717, 1.165) is 0 Å². The zero-order valence-corrected chi connectivity index (χ0v) is 6.24. The van der Waals surface area contributed by atoms with Crippen molar-refractivity contribution in [2.45, 2.75) is 12.8 Å². The average Bonchev–Trinajstić information content (AvgIpc) is 1.84. The van der Waals surface area contributed by atoms with Crippen LogP contribution in [0.4, 0.5) is 0 Å². The lowest BCUT2D eigenvalue weighted by Gasteiger charge is -1.96. The van der Waals surface area contributed by atoms with Gasteiger partial charge in [-0.05, 0) is 0 Å². The summed E-state index contributed by atoms with van der Waals surface area (Å²) < 4.78 is 0. The summed E-state index contributed by atoms with van der Waals surface area (Å²) in [5, 5.41) is 16.4. The molecule has 0 aromatic carbocycles. The molecular formula is C7H8O5. The van der Waals surface area contributed by atoms with Crippen molar-refractivity contribution < 1.29 is 24.6 Å². The minimum Gasteiger partial charge on any atom is -0.481 e. The summed E-state index contributed by atoms with van der Waals surface area (Å²) in [4.78, 5) is 30.7. The molecule has 12 heavy (non-hydrogen) atoms. The predicted molar refractivity (Wildman–Crippen MR) is 38.7 cm³/mol. The van der Waals surface area contributed by atoms with Gasteiger partial charge in [-0.2, -0.15) is 0 Å². The van der Waals surface area contributed by atoms with Crippen molar-refractivity contribution >= 4 is 17.7 Å². The second-order valence-corrected chi connectivity index (χ2v) is 2.19. The van der Waals surface area contributed by atoms with Gasteiger partial charge in [0.1, 0.15) is 12.2 Å². The molecule has 0 saturated heterocycles. The molecule has 0 spiro atoms. The third kappa shape index (κ3) is 4.21. The summed E-state index contributed by atoms with van der Waals surface area (Å²) in [5.74, 6) is -3.21. The van der Waals surface area contributed by atoms with Crippen LogP contribution < -0.4 is 0 Å². The number of carbonyl (C=O) groups is 3. The molecule has 0 fully saturated rings. The number of Topliss-reactive ketones (excluding diaryl/α,β-unsaturated/α-hetero) is 1. The van der Waals surface area contributed by atoms with Crippen molar-refractivity contribution in [2.75, 3.05) is 0 Å². The molecule has 0 bridgehead atoms. The van der Waals surface area contributed by atoms with Crippen LogP contribution in [-0.4, -0.2) is 27.9 Å². The largest absolute Gasteiger partial charge is 0.481 e. The minimum absolute atomic E-state index is 0.291. The molecule has 0 aliphatic heterocycles. The van der Waals surface area contributed by atoms with Gasteiger partial charge in [-0.1, -0.05) is 6.58 Å². The van der Waals surface area contributed by atoms with Crippen LogP contribution in [0.3, 0.4) is 0 Å². The van der Waals surface area contributed by atoms with E-state index in [1.807, 2.05) is 0 Å². The van der Waals surface area contributed by atoms with Crippen LogP contribution in [-0.2, 0) is 14.4 Å². The number of aliphatic carboxylic acids is 2. The monoisotopic (exact) mass is 172 g/mol. The maximum atomic E-state index is 10.7. The lowest BCUT2D eigenvalue weighted by Crippen LogP contribution is -2.10. The van der Waals surface area contributed by atoms with E-state index < -0.39 is 30.6 Å². The van der Waals surface area contributed by atoms with Crippen LogP contribution in [0.25, 0.3) is 0 Å². The van der Waals surface area contributed by atoms with Gasteiger partial charge >= 0.3 is 11.9 Å². The first-order chi connectivity index (χ1) is 5.43. The first-order valence-electron chi connectivity index (χ1n) is 3.08. The number of carboxylic acid groups (broad SMARTS) is 2. The number of carbonyl (C=O) groups excluding carboxylic acids is 1. The standard InChI is InChI=1S/C7H8O5/c1-4(7(11)12)2-5(8)3-6(9)10/h1-3H2,(H,9,10)(H,11,12). The van der Waals surface area contributed by atoms with Gasteiger partial charge in [0.05, 0.1) is 0 Å². The Morgan fingerprint density at radius 1 is 1.08 bits per heavy atom. The fourth-order valence-corrected chi connectivity index (χ4v) is 0.545. The van der Waals surface area contributed by atoms with Crippen molar-refractivity contribution in [1.82, 2.24) is 0 Å². The maximum Gasteiger partial charge on any atom is 0.331 e. The highest BCUT2D eigenvalue weighted by molar-refractivity contribution is 6.00. The Morgan fingerprint density at radius 2 is 1.58 bits per heavy atom. The molecule has 0 radical (unpaired) electrons. The van der Waals surface area contributed by atoms with Gasteiger partial charge in [0, 0.05) is 12.0 Å². The lowest BCUT2D eigenvalue weighted by molar-refractivity contribution is -0.141.